The van der Waals surface area contributed by atoms with Gasteiger partial charge in [0.2, 0.25) is 0 Å². The number of oxime groups is 1. The largest absolute Gasteiger partial charge is 0.386 e. The zero-order chi connectivity index (χ0) is 14.8. The summed E-state index contributed by atoms with van der Waals surface area (Å²) in [4.78, 5) is 8.66. The van der Waals surface area contributed by atoms with E-state index in [1.807, 2.05) is 0 Å². The third-order valence-electron chi connectivity index (χ3n) is 5.45. The highest BCUT2D eigenvalue weighted by Crippen LogP contribution is 2.63. The average Bonchev–Trinajstić information content (AvgIpc) is 2.91. The van der Waals surface area contributed by atoms with E-state index in [0.29, 0.717) is 18.0 Å². The highest BCUT2D eigenvalue weighted by atomic mass is 16.7. The van der Waals surface area contributed by atoms with Gasteiger partial charge in [-0.3, -0.25) is 4.90 Å². The summed E-state index contributed by atoms with van der Waals surface area (Å²) in [6, 6.07) is 11.6. The Hall–Kier alpha value is -1.35. The van der Waals surface area contributed by atoms with Gasteiger partial charge >= 0.3 is 0 Å². The Morgan fingerprint density at radius 1 is 1.29 bits per heavy atom. The van der Waals surface area contributed by atoms with Gasteiger partial charge in [-0.05, 0) is 17.5 Å². The van der Waals surface area contributed by atoms with Crippen molar-refractivity contribution < 1.29 is 4.84 Å². The highest BCUT2D eigenvalue weighted by molar-refractivity contribution is 6.05. The van der Waals surface area contributed by atoms with Crippen LogP contribution in [0.4, 0.5) is 0 Å². The van der Waals surface area contributed by atoms with Crippen molar-refractivity contribution in [2.24, 2.45) is 16.5 Å². The minimum atomic E-state index is -0.0286. The first-order chi connectivity index (χ1) is 9.99. The maximum Gasteiger partial charge on any atom is 0.164 e. The van der Waals surface area contributed by atoms with E-state index in [9.17, 15) is 0 Å². The molecule has 0 N–H and O–H groups in total. The van der Waals surface area contributed by atoms with Crippen LogP contribution in [0, 0.1) is 11.3 Å². The molecule has 0 radical (unpaired) electrons. The van der Waals surface area contributed by atoms with Gasteiger partial charge in [0.15, 0.2) is 5.60 Å². The molecular weight excluding hydrogens is 260 g/mol. The zero-order valence-corrected chi connectivity index (χ0v) is 13.3. The van der Waals surface area contributed by atoms with Crippen LogP contribution in [-0.2, 0) is 4.84 Å². The molecule has 0 bridgehead atoms. The van der Waals surface area contributed by atoms with E-state index in [4.69, 9.17) is 4.84 Å². The second-order valence-corrected chi connectivity index (χ2v) is 7.73. The van der Waals surface area contributed by atoms with Crippen LogP contribution >= 0.6 is 0 Å². The van der Waals surface area contributed by atoms with Crippen molar-refractivity contribution in [2.75, 3.05) is 6.54 Å². The molecule has 1 aliphatic carbocycles. The topological polar surface area (TPSA) is 24.8 Å². The summed E-state index contributed by atoms with van der Waals surface area (Å²) in [5.74, 6) is 0.407. The van der Waals surface area contributed by atoms with Gasteiger partial charge in [0, 0.05) is 12.5 Å². The lowest BCUT2D eigenvalue weighted by atomic mass is 9.74. The molecular formula is C18H24N2O. The normalized spacial score (nSPS) is 37.7. The van der Waals surface area contributed by atoms with E-state index < -0.39 is 0 Å². The summed E-state index contributed by atoms with van der Waals surface area (Å²) in [5.41, 5.74) is 2.58. The van der Waals surface area contributed by atoms with Gasteiger partial charge in [-0.1, -0.05) is 63.2 Å². The van der Waals surface area contributed by atoms with Crippen LogP contribution in [-0.4, -0.2) is 34.8 Å². The monoisotopic (exact) mass is 284 g/mol. The lowest BCUT2D eigenvalue weighted by Crippen LogP contribution is -2.48. The molecule has 112 valence electrons. The molecule has 0 aromatic heterocycles. The van der Waals surface area contributed by atoms with Crippen LogP contribution in [0.3, 0.4) is 0 Å². The Morgan fingerprint density at radius 2 is 2.00 bits per heavy atom. The lowest BCUT2D eigenvalue weighted by molar-refractivity contribution is 0.0376. The molecule has 1 saturated carbocycles. The van der Waals surface area contributed by atoms with E-state index in [-0.39, 0.29) is 11.0 Å². The van der Waals surface area contributed by atoms with Crippen LogP contribution < -0.4 is 0 Å². The van der Waals surface area contributed by atoms with Crippen molar-refractivity contribution in [2.45, 2.75) is 51.8 Å². The zero-order valence-electron chi connectivity index (χ0n) is 13.3. The van der Waals surface area contributed by atoms with Crippen LogP contribution in [0.1, 0.15) is 39.7 Å². The van der Waals surface area contributed by atoms with Gasteiger partial charge in [0.1, 0.15) is 0 Å². The number of piperidine rings is 1. The molecule has 0 amide bonds. The van der Waals surface area contributed by atoms with Crippen molar-refractivity contribution in [3.8, 4) is 0 Å². The molecule has 3 aliphatic rings. The molecule has 1 aromatic carbocycles. The number of hydrogen-bond acceptors (Lipinski definition) is 3. The van der Waals surface area contributed by atoms with Crippen LogP contribution in [0.2, 0.25) is 0 Å². The number of likely N-dealkylation sites (N-methyl/N-ethyl adjacent to an activating group) is 1. The number of benzene rings is 1. The molecule has 4 rings (SSSR count). The molecule has 3 heteroatoms. The van der Waals surface area contributed by atoms with Crippen molar-refractivity contribution in [3.63, 3.8) is 0 Å². The molecule has 2 aliphatic heterocycles. The van der Waals surface area contributed by atoms with Gasteiger partial charge in [-0.15, -0.1) is 0 Å². The number of rotatable bonds is 2. The van der Waals surface area contributed by atoms with Gasteiger partial charge in [-0.25, -0.2) is 0 Å². The molecule has 2 heterocycles. The average molecular weight is 284 g/mol. The summed E-state index contributed by atoms with van der Waals surface area (Å²) in [6.45, 7) is 10.4. The maximum atomic E-state index is 6.01. The minimum absolute atomic E-state index is 0.0286. The molecule has 4 atom stereocenters. The predicted molar refractivity (Wildman–Crippen MR) is 84.3 cm³/mol. The predicted octanol–water partition coefficient (Wildman–Crippen LogP) is 3.30. The van der Waals surface area contributed by atoms with E-state index in [2.05, 4.69) is 68.1 Å². The van der Waals surface area contributed by atoms with Crippen molar-refractivity contribution in [1.82, 2.24) is 4.90 Å². The Bertz CT molecular complexity index is 589. The van der Waals surface area contributed by atoms with Gasteiger partial charge < -0.3 is 4.84 Å². The van der Waals surface area contributed by atoms with E-state index in [1.165, 1.54) is 5.56 Å². The van der Waals surface area contributed by atoms with Gasteiger partial charge in [0.05, 0.1) is 17.7 Å². The standard InChI is InChI=1S/C18H24N2O/c1-5-20-13-11-18(13)14(16(20)17(2,3)4)15(19-21-18)12-9-7-6-8-10-12/h6-10,13-14,16H,5,11H2,1-4H3. The Morgan fingerprint density at radius 3 is 2.62 bits per heavy atom. The molecule has 2 fully saturated rings. The number of nitrogens with zero attached hydrogens (tertiary/aromatic N) is 2. The van der Waals surface area contributed by atoms with E-state index in [0.717, 1.165) is 18.7 Å². The second kappa shape index (κ2) is 4.10. The number of likely N-dealkylation sites (tertiary alicyclic amines) is 1. The van der Waals surface area contributed by atoms with Crippen molar-refractivity contribution in [3.05, 3.63) is 35.9 Å². The van der Waals surface area contributed by atoms with Gasteiger partial charge in [0.25, 0.3) is 0 Å². The Balaban J connectivity index is 1.78. The second-order valence-electron chi connectivity index (χ2n) is 7.73. The third kappa shape index (κ3) is 1.67. The Labute approximate surface area is 127 Å². The summed E-state index contributed by atoms with van der Waals surface area (Å²) < 4.78 is 0. The first-order valence-electron chi connectivity index (χ1n) is 8.06. The molecule has 21 heavy (non-hydrogen) atoms. The quantitative estimate of drug-likeness (QED) is 0.832. The number of hydrogen-bond donors (Lipinski definition) is 0. The summed E-state index contributed by atoms with van der Waals surface area (Å²) >= 11 is 0. The van der Waals surface area contributed by atoms with Crippen LogP contribution in [0.5, 0.6) is 0 Å². The SMILES string of the molecule is CCN1C(C(C)(C)C)C2C(c3ccccc3)=NOC23CC13. The minimum Gasteiger partial charge on any atom is -0.386 e. The fraction of sp³-hybridized carbons (Fsp3) is 0.611. The Kier molecular flexibility index (Phi) is 2.60. The van der Waals surface area contributed by atoms with E-state index in [1.54, 1.807) is 0 Å². The maximum absolute atomic E-state index is 6.01. The fourth-order valence-corrected chi connectivity index (χ4v) is 4.61. The first kappa shape index (κ1) is 13.3. The van der Waals surface area contributed by atoms with Crippen molar-refractivity contribution in [1.29, 1.82) is 0 Å². The third-order valence-corrected chi connectivity index (χ3v) is 5.45. The summed E-state index contributed by atoms with van der Waals surface area (Å²) in [5, 5.41) is 4.53. The molecule has 4 unspecified atom stereocenters. The van der Waals surface area contributed by atoms with Crippen LogP contribution in [0.15, 0.2) is 35.5 Å². The molecule has 1 spiro atoms. The summed E-state index contributed by atoms with van der Waals surface area (Å²) in [7, 11) is 0. The van der Waals surface area contributed by atoms with Crippen molar-refractivity contribution >= 4 is 5.71 Å². The van der Waals surface area contributed by atoms with E-state index >= 15 is 0 Å². The first-order valence-corrected chi connectivity index (χ1v) is 8.06. The van der Waals surface area contributed by atoms with Gasteiger partial charge in [-0.2, -0.15) is 0 Å². The molecule has 1 saturated heterocycles. The smallest absolute Gasteiger partial charge is 0.164 e. The lowest BCUT2D eigenvalue weighted by Gasteiger charge is -2.39. The van der Waals surface area contributed by atoms with Crippen LogP contribution in [0.25, 0.3) is 0 Å². The molecule has 3 nitrogen and oxygen atoms in total. The molecule has 1 aromatic rings. The fourth-order valence-electron chi connectivity index (χ4n) is 4.61. The summed E-state index contributed by atoms with van der Waals surface area (Å²) in [6.07, 6.45) is 1.14. The highest BCUT2D eigenvalue weighted by Gasteiger charge is 2.77.